The van der Waals surface area contributed by atoms with E-state index in [0.717, 1.165) is 11.1 Å². The second-order valence-corrected chi connectivity index (χ2v) is 6.83. The minimum Gasteiger partial charge on any atom is -0.433 e. The number of rotatable bonds is 7. The van der Waals surface area contributed by atoms with Gasteiger partial charge in [0.25, 0.3) is 0 Å². The molecule has 3 rings (SSSR count). The molecular weight excluding hydrogens is 360 g/mol. The maximum Gasteiger partial charge on any atom is 0.305 e. The van der Waals surface area contributed by atoms with Crippen LogP contribution in [-0.4, -0.2) is 41.8 Å². The molecule has 0 unspecified atom stereocenters. The lowest BCUT2D eigenvalue weighted by Crippen LogP contribution is -2.59. The molecule has 0 bridgehead atoms. The minimum absolute atomic E-state index is 0.299. The number of hydrogen-bond acceptors (Lipinski definition) is 6. The van der Waals surface area contributed by atoms with Crippen LogP contribution >= 0.6 is 0 Å². The molecule has 0 aromatic heterocycles. The first-order valence-electron chi connectivity index (χ1n) is 9.36. The highest BCUT2D eigenvalue weighted by Gasteiger charge is 2.46. The Hall–Kier alpha value is -2.25. The van der Waals surface area contributed by atoms with Gasteiger partial charge >= 0.3 is 5.97 Å². The van der Waals surface area contributed by atoms with Crippen molar-refractivity contribution in [2.24, 2.45) is 0 Å². The number of carbonyl (C=O) groups is 1. The Morgan fingerprint density at radius 2 is 1.43 bits per heavy atom. The van der Waals surface area contributed by atoms with E-state index >= 15 is 0 Å². The van der Waals surface area contributed by atoms with Crippen molar-refractivity contribution in [3.05, 3.63) is 71.8 Å². The summed E-state index contributed by atoms with van der Waals surface area (Å²) in [6.45, 7) is 3.75. The SMILES string of the molecule is CC(=O)O[C@H]1O[C@@H](C)[C@H](OCc2ccccc2)[C@@H](OCc2ccccc2)[C@H]1O. The molecule has 1 saturated heterocycles. The van der Waals surface area contributed by atoms with E-state index in [1.807, 2.05) is 67.6 Å². The molecule has 2 aromatic rings. The van der Waals surface area contributed by atoms with Crippen LogP contribution in [0.2, 0.25) is 0 Å². The van der Waals surface area contributed by atoms with Crippen LogP contribution in [-0.2, 0) is 37.0 Å². The topological polar surface area (TPSA) is 74.2 Å². The van der Waals surface area contributed by atoms with Gasteiger partial charge in [-0.15, -0.1) is 0 Å². The van der Waals surface area contributed by atoms with Crippen LogP contribution in [0.1, 0.15) is 25.0 Å². The number of hydrogen-bond donors (Lipinski definition) is 1. The normalized spacial score (nSPS) is 27.3. The molecule has 5 atom stereocenters. The van der Waals surface area contributed by atoms with Gasteiger partial charge in [-0.25, -0.2) is 0 Å². The lowest BCUT2D eigenvalue weighted by atomic mass is 9.99. The zero-order valence-electron chi connectivity index (χ0n) is 16.1. The Kier molecular flexibility index (Phi) is 7.17. The van der Waals surface area contributed by atoms with Crippen LogP contribution in [0.4, 0.5) is 0 Å². The van der Waals surface area contributed by atoms with Gasteiger partial charge in [-0.1, -0.05) is 60.7 Å². The lowest BCUT2D eigenvalue weighted by molar-refractivity contribution is -0.301. The first-order valence-corrected chi connectivity index (χ1v) is 9.36. The third-order valence-electron chi connectivity index (χ3n) is 4.60. The number of benzene rings is 2. The van der Waals surface area contributed by atoms with Gasteiger partial charge in [0, 0.05) is 6.92 Å². The van der Waals surface area contributed by atoms with Crippen molar-refractivity contribution in [1.82, 2.24) is 0 Å². The third kappa shape index (κ3) is 5.39. The molecule has 28 heavy (non-hydrogen) atoms. The fourth-order valence-corrected chi connectivity index (χ4v) is 3.20. The maximum atomic E-state index is 11.4. The highest BCUT2D eigenvalue weighted by atomic mass is 16.7. The molecule has 1 heterocycles. The summed E-state index contributed by atoms with van der Waals surface area (Å²) in [6.07, 6.45) is -3.92. The smallest absolute Gasteiger partial charge is 0.305 e. The van der Waals surface area contributed by atoms with E-state index in [4.69, 9.17) is 18.9 Å². The van der Waals surface area contributed by atoms with E-state index in [0.29, 0.717) is 13.2 Å². The van der Waals surface area contributed by atoms with Crippen molar-refractivity contribution in [2.75, 3.05) is 0 Å². The zero-order chi connectivity index (χ0) is 19.9. The molecule has 1 aliphatic rings. The lowest BCUT2D eigenvalue weighted by Gasteiger charge is -2.42. The standard InChI is InChI=1S/C22H26O6/c1-15-20(25-13-17-9-5-3-6-10-17)21(19(24)22(27-15)28-16(2)23)26-14-18-11-7-4-8-12-18/h3-12,15,19-22,24H,13-14H2,1-2H3/t15-,19+,20-,21-,22+/m0/s1. The van der Waals surface area contributed by atoms with Gasteiger partial charge in [-0.3, -0.25) is 4.79 Å². The average molecular weight is 386 g/mol. The van der Waals surface area contributed by atoms with Crippen molar-refractivity contribution in [3.8, 4) is 0 Å². The average Bonchev–Trinajstić information content (AvgIpc) is 2.69. The molecule has 0 radical (unpaired) electrons. The Morgan fingerprint density at radius 1 is 0.929 bits per heavy atom. The van der Waals surface area contributed by atoms with Crippen LogP contribution in [0.5, 0.6) is 0 Å². The largest absolute Gasteiger partial charge is 0.433 e. The zero-order valence-corrected chi connectivity index (χ0v) is 16.1. The summed E-state index contributed by atoms with van der Waals surface area (Å²) in [5, 5.41) is 10.7. The predicted octanol–water partition coefficient (Wildman–Crippen LogP) is 2.83. The molecular formula is C22H26O6. The molecule has 1 N–H and O–H groups in total. The van der Waals surface area contributed by atoms with Gasteiger partial charge in [0.1, 0.15) is 18.3 Å². The molecule has 1 fully saturated rings. The molecule has 1 aliphatic heterocycles. The summed E-state index contributed by atoms with van der Waals surface area (Å²) < 4.78 is 22.9. The molecule has 6 heteroatoms. The maximum absolute atomic E-state index is 11.4. The molecule has 0 aliphatic carbocycles. The van der Waals surface area contributed by atoms with Crippen LogP contribution in [0.15, 0.2) is 60.7 Å². The first-order chi connectivity index (χ1) is 13.5. The van der Waals surface area contributed by atoms with E-state index in [1.165, 1.54) is 6.92 Å². The number of carbonyl (C=O) groups excluding carboxylic acids is 1. The highest BCUT2D eigenvalue weighted by Crippen LogP contribution is 2.28. The Morgan fingerprint density at radius 3 is 1.93 bits per heavy atom. The summed E-state index contributed by atoms with van der Waals surface area (Å²) in [6, 6.07) is 19.4. The van der Waals surface area contributed by atoms with Gasteiger partial charge in [0.2, 0.25) is 6.29 Å². The van der Waals surface area contributed by atoms with Gasteiger partial charge in [-0.05, 0) is 18.1 Å². The summed E-state index contributed by atoms with van der Waals surface area (Å²) >= 11 is 0. The number of aliphatic hydroxyl groups excluding tert-OH is 1. The van der Waals surface area contributed by atoms with Crippen LogP contribution in [0.3, 0.4) is 0 Å². The molecule has 150 valence electrons. The quantitative estimate of drug-likeness (QED) is 0.738. The fourth-order valence-electron chi connectivity index (χ4n) is 3.20. The molecule has 0 spiro atoms. The molecule has 0 saturated carbocycles. The number of aliphatic hydroxyl groups is 1. The van der Waals surface area contributed by atoms with Crippen molar-refractivity contribution in [2.45, 2.75) is 57.8 Å². The summed E-state index contributed by atoms with van der Waals surface area (Å²) in [4.78, 5) is 11.4. The van der Waals surface area contributed by atoms with Crippen molar-refractivity contribution in [1.29, 1.82) is 0 Å². The second kappa shape index (κ2) is 9.80. The van der Waals surface area contributed by atoms with Gasteiger partial charge < -0.3 is 24.1 Å². The monoisotopic (exact) mass is 386 g/mol. The first kappa shape index (κ1) is 20.5. The van der Waals surface area contributed by atoms with E-state index in [1.54, 1.807) is 0 Å². The Balaban J connectivity index is 1.72. The summed E-state index contributed by atoms with van der Waals surface area (Å²) in [5.74, 6) is -0.526. The summed E-state index contributed by atoms with van der Waals surface area (Å²) in [5.41, 5.74) is 1.98. The minimum atomic E-state index is -1.16. The fraction of sp³-hybridized carbons (Fsp3) is 0.409. The van der Waals surface area contributed by atoms with Crippen molar-refractivity contribution < 1.29 is 28.8 Å². The number of esters is 1. The Labute approximate surface area is 165 Å². The van der Waals surface area contributed by atoms with E-state index in [2.05, 4.69) is 0 Å². The molecule has 0 amide bonds. The highest BCUT2D eigenvalue weighted by molar-refractivity contribution is 5.66. The number of ether oxygens (including phenoxy) is 4. The predicted molar refractivity (Wildman–Crippen MR) is 102 cm³/mol. The van der Waals surface area contributed by atoms with E-state index in [-0.39, 0.29) is 0 Å². The Bertz CT molecular complexity index is 735. The van der Waals surface area contributed by atoms with Gasteiger partial charge in [0.15, 0.2) is 0 Å². The van der Waals surface area contributed by atoms with Crippen LogP contribution < -0.4 is 0 Å². The van der Waals surface area contributed by atoms with Crippen LogP contribution in [0, 0.1) is 0 Å². The second-order valence-electron chi connectivity index (χ2n) is 6.83. The van der Waals surface area contributed by atoms with Gasteiger partial charge in [-0.2, -0.15) is 0 Å². The van der Waals surface area contributed by atoms with Crippen molar-refractivity contribution in [3.63, 3.8) is 0 Å². The molecule has 6 nitrogen and oxygen atoms in total. The third-order valence-corrected chi connectivity index (χ3v) is 4.60. The molecule has 2 aromatic carbocycles. The summed E-state index contributed by atoms with van der Waals surface area (Å²) in [7, 11) is 0. The van der Waals surface area contributed by atoms with Crippen molar-refractivity contribution >= 4 is 5.97 Å². The van der Waals surface area contributed by atoms with E-state index < -0.39 is 36.7 Å². The van der Waals surface area contributed by atoms with Gasteiger partial charge in [0.05, 0.1) is 19.3 Å². The van der Waals surface area contributed by atoms with Crippen LogP contribution in [0.25, 0.3) is 0 Å². The van der Waals surface area contributed by atoms with E-state index in [9.17, 15) is 9.90 Å².